The number of hydrogen-bond acceptors (Lipinski definition) is 3. The minimum atomic E-state index is -3.48. The van der Waals surface area contributed by atoms with Gasteiger partial charge in [-0.1, -0.05) is 25.5 Å². The van der Waals surface area contributed by atoms with Crippen LogP contribution in [0.2, 0.25) is 0 Å². The molecule has 0 atom stereocenters. The highest BCUT2D eigenvalue weighted by atomic mass is 32.2. The molecule has 0 aliphatic heterocycles. The molecule has 1 heterocycles. The fourth-order valence-electron chi connectivity index (χ4n) is 1.88. The summed E-state index contributed by atoms with van der Waals surface area (Å²) in [5, 5.41) is 0. The topological polar surface area (TPSA) is 59.3 Å². The highest BCUT2D eigenvalue weighted by Gasteiger charge is 2.13. The van der Waals surface area contributed by atoms with Gasteiger partial charge in [0.1, 0.15) is 5.76 Å². The Morgan fingerprint density at radius 1 is 1.15 bits per heavy atom. The lowest BCUT2D eigenvalue weighted by atomic mass is 10.1. The second kappa shape index (κ2) is 6.72. The molecule has 2 rings (SSSR count). The van der Waals surface area contributed by atoms with Gasteiger partial charge < -0.3 is 4.42 Å². The molecule has 0 saturated carbocycles. The number of sulfonamides is 1. The molecule has 0 radical (unpaired) electrons. The van der Waals surface area contributed by atoms with Gasteiger partial charge in [0.15, 0.2) is 0 Å². The van der Waals surface area contributed by atoms with E-state index in [0.717, 1.165) is 24.8 Å². The summed E-state index contributed by atoms with van der Waals surface area (Å²) in [6.45, 7) is 2.30. The third-order valence-corrected chi connectivity index (χ3v) is 4.49. The lowest BCUT2D eigenvalue weighted by molar-refractivity contribution is 0.498. The summed E-state index contributed by atoms with van der Waals surface area (Å²) >= 11 is 0. The minimum Gasteiger partial charge on any atom is -0.468 e. The summed E-state index contributed by atoms with van der Waals surface area (Å²) in [4.78, 5) is 0.282. The van der Waals surface area contributed by atoms with Gasteiger partial charge in [-0.25, -0.2) is 13.1 Å². The van der Waals surface area contributed by atoms with E-state index in [4.69, 9.17) is 4.42 Å². The molecule has 0 aliphatic rings. The monoisotopic (exact) mass is 293 g/mol. The van der Waals surface area contributed by atoms with E-state index in [9.17, 15) is 8.42 Å². The van der Waals surface area contributed by atoms with E-state index in [0.29, 0.717) is 5.76 Å². The predicted octanol–water partition coefficient (Wildman–Crippen LogP) is 3.10. The summed E-state index contributed by atoms with van der Waals surface area (Å²) in [7, 11) is -3.48. The van der Waals surface area contributed by atoms with Crippen LogP contribution in [0.25, 0.3) is 0 Å². The molecule has 2 aromatic rings. The van der Waals surface area contributed by atoms with Gasteiger partial charge in [-0.3, -0.25) is 0 Å². The van der Waals surface area contributed by atoms with Gasteiger partial charge >= 0.3 is 0 Å². The fourth-order valence-corrected chi connectivity index (χ4v) is 2.87. The Hall–Kier alpha value is -1.59. The van der Waals surface area contributed by atoms with Gasteiger partial charge in [0, 0.05) is 0 Å². The first-order chi connectivity index (χ1) is 9.62. The van der Waals surface area contributed by atoms with Gasteiger partial charge in [-0.05, 0) is 42.7 Å². The Bertz CT molecular complexity index is 616. The lowest BCUT2D eigenvalue weighted by Crippen LogP contribution is -2.22. The highest BCUT2D eigenvalue weighted by Crippen LogP contribution is 2.13. The van der Waals surface area contributed by atoms with Crippen molar-refractivity contribution in [2.75, 3.05) is 0 Å². The zero-order valence-corrected chi connectivity index (χ0v) is 12.3. The molecule has 0 fully saturated rings. The van der Waals surface area contributed by atoms with Crippen LogP contribution < -0.4 is 4.72 Å². The molecular weight excluding hydrogens is 274 g/mol. The molecule has 0 aliphatic carbocycles. The number of hydrogen-bond donors (Lipinski definition) is 1. The third-order valence-electron chi connectivity index (χ3n) is 3.07. The van der Waals surface area contributed by atoms with E-state index in [1.807, 2.05) is 12.1 Å². The normalized spacial score (nSPS) is 11.7. The lowest BCUT2D eigenvalue weighted by Gasteiger charge is -2.06. The van der Waals surface area contributed by atoms with Crippen LogP contribution in [0.15, 0.2) is 52.0 Å². The van der Waals surface area contributed by atoms with E-state index < -0.39 is 10.0 Å². The van der Waals surface area contributed by atoms with Crippen LogP contribution in [0.4, 0.5) is 0 Å². The van der Waals surface area contributed by atoms with Crippen molar-refractivity contribution in [1.82, 2.24) is 4.72 Å². The quantitative estimate of drug-likeness (QED) is 0.853. The molecule has 108 valence electrons. The van der Waals surface area contributed by atoms with Crippen molar-refractivity contribution >= 4 is 10.0 Å². The highest BCUT2D eigenvalue weighted by molar-refractivity contribution is 7.89. The molecule has 0 amide bonds. The van der Waals surface area contributed by atoms with Crippen molar-refractivity contribution < 1.29 is 12.8 Å². The van der Waals surface area contributed by atoms with Crippen molar-refractivity contribution in [2.45, 2.75) is 37.6 Å². The summed E-state index contributed by atoms with van der Waals surface area (Å²) < 4.78 is 31.8. The van der Waals surface area contributed by atoms with Crippen molar-refractivity contribution in [2.24, 2.45) is 0 Å². The van der Waals surface area contributed by atoms with Crippen molar-refractivity contribution in [3.8, 4) is 0 Å². The fraction of sp³-hybridized carbons (Fsp3) is 0.333. The van der Waals surface area contributed by atoms with Gasteiger partial charge in [0.25, 0.3) is 0 Å². The summed E-state index contributed by atoms with van der Waals surface area (Å²) in [6.07, 6.45) is 4.75. The first kappa shape index (κ1) is 14.8. The summed E-state index contributed by atoms with van der Waals surface area (Å²) in [5.74, 6) is 0.591. The molecule has 20 heavy (non-hydrogen) atoms. The van der Waals surface area contributed by atoms with Crippen LogP contribution in [0.1, 0.15) is 31.1 Å². The zero-order chi connectivity index (χ0) is 14.4. The summed E-state index contributed by atoms with van der Waals surface area (Å²) in [6, 6.07) is 10.5. The number of nitrogens with one attached hydrogen (secondary N) is 1. The number of benzene rings is 1. The molecule has 0 unspecified atom stereocenters. The van der Waals surface area contributed by atoms with E-state index >= 15 is 0 Å². The van der Waals surface area contributed by atoms with E-state index in [1.165, 1.54) is 6.26 Å². The van der Waals surface area contributed by atoms with Crippen LogP contribution in [0.3, 0.4) is 0 Å². The largest absolute Gasteiger partial charge is 0.468 e. The Morgan fingerprint density at radius 2 is 1.90 bits per heavy atom. The average Bonchev–Trinajstić information content (AvgIpc) is 2.97. The minimum absolute atomic E-state index is 0.160. The van der Waals surface area contributed by atoms with Gasteiger partial charge in [-0.2, -0.15) is 0 Å². The van der Waals surface area contributed by atoms with Crippen LogP contribution in [-0.2, 0) is 23.0 Å². The van der Waals surface area contributed by atoms with Crippen LogP contribution in [0.5, 0.6) is 0 Å². The Morgan fingerprint density at radius 3 is 2.50 bits per heavy atom. The van der Waals surface area contributed by atoms with Crippen molar-refractivity contribution in [3.63, 3.8) is 0 Å². The standard InChI is InChI=1S/C15H19NO3S/c1-2-3-5-13-7-9-15(10-8-13)20(17,18)16-12-14-6-4-11-19-14/h4,6-11,16H,2-3,5,12H2,1H3. The molecule has 5 heteroatoms. The first-order valence-corrected chi connectivity index (χ1v) is 8.21. The maximum absolute atomic E-state index is 12.1. The van der Waals surface area contributed by atoms with Crippen LogP contribution >= 0.6 is 0 Å². The van der Waals surface area contributed by atoms with Crippen molar-refractivity contribution in [3.05, 3.63) is 54.0 Å². The van der Waals surface area contributed by atoms with E-state index in [-0.39, 0.29) is 11.4 Å². The molecule has 0 saturated heterocycles. The van der Waals surface area contributed by atoms with Gasteiger partial charge in [0.05, 0.1) is 17.7 Å². The molecule has 1 aromatic carbocycles. The average molecular weight is 293 g/mol. The third kappa shape index (κ3) is 3.95. The zero-order valence-electron chi connectivity index (χ0n) is 11.5. The Labute approximate surface area is 119 Å². The maximum Gasteiger partial charge on any atom is 0.240 e. The molecule has 4 nitrogen and oxygen atoms in total. The predicted molar refractivity (Wildman–Crippen MR) is 77.8 cm³/mol. The molecule has 0 spiro atoms. The second-order valence-electron chi connectivity index (χ2n) is 4.65. The van der Waals surface area contributed by atoms with Crippen molar-refractivity contribution in [1.29, 1.82) is 0 Å². The Balaban J connectivity index is 2.01. The molecule has 1 N–H and O–H groups in total. The molecular formula is C15H19NO3S. The summed E-state index contributed by atoms with van der Waals surface area (Å²) in [5.41, 5.74) is 1.16. The smallest absolute Gasteiger partial charge is 0.240 e. The second-order valence-corrected chi connectivity index (χ2v) is 6.42. The first-order valence-electron chi connectivity index (χ1n) is 6.73. The maximum atomic E-state index is 12.1. The van der Waals surface area contributed by atoms with Gasteiger partial charge in [0.2, 0.25) is 10.0 Å². The number of unbranched alkanes of at least 4 members (excludes halogenated alkanes) is 1. The number of aryl methyl sites for hydroxylation is 1. The number of rotatable bonds is 7. The van der Waals surface area contributed by atoms with E-state index in [1.54, 1.807) is 24.3 Å². The van der Waals surface area contributed by atoms with Gasteiger partial charge in [-0.15, -0.1) is 0 Å². The molecule has 0 bridgehead atoms. The van der Waals surface area contributed by atoms with E-state index in [2.05, 4.69) is 11.6 Å². The SMILES string of the molecule is CCCCc1ccc(S(=O)(=O)NCc2ccco2)cc1. The molecule has 1 aromatic heterocycles. The van der Waals surface area contributed by atoms with Crippen LogP contribution in [-0.4, -0.2) is 8.42 Å². The Kier molecular flexibility index (Phi) is 4.98. The number of furan rings is 1. The van der Waals surface area contributed by atoms with Crippen LogP contribution in [0, 0.1) is 0 Å².